The summed E-state index contributed by atoms with van der Waals surface area (Å²) in [5, 5.41) is 20.2. The molecular weight excluding hydrogens is 1590 g/mol. The molecule has 8 aromatic rings. The minimum absolute atomic E-state index is 0. The number of hydrogen-bond donors (Lipinski definition) is 7. The van der Waals surface area contributed by atoms with Crippen LogP contribution in [0, 0.1) is 0 Å². The van der Waals surface area contributed by atoms with Gasteiger partial charge in [0, 0.05) is 72.6 Å². The maximum atomic E-state index is 12.3. The van der Waals surface area contributed by atoms with Crippen molar-refractivity contribution in [3.8, 4) is 16.9 Å². The topological polar surface area (TPSA) is 356 Å². The van der Waals surface area contributed by atoms with Crippen LogP contribution in [0.25, 0.3) is 11.1 Å². The molecule has 12 N–H and O–H groups in total. The van der Waals surface area contributed by atoms with Gasteiger partial charge in [-0.1, -0.05) is 157 Å². The molecule has 16 rings (SSSR count). The van der Waals surface area contributed by atoms with Gasteiger partial charge in [0.2, 0.25) is 0 Å². The van der Waals surface area contributed by atoms with E-state index >= 15 is 0 Å². The Bertz CT molecular complexity index is 4870. The van der Waals surface area contributed by atoms with Crippen molar-refractivity contribution in [2.24, 2.45) is 37.9 Å². The monoisotopic (exact) mass is 1680 g/mol. The van der Waals surface area contributed by atoms with Crippen LogP contribution in [0.1, 0.15) is 109 Å². The molecule has 30 heteroatoms. The van der Waals surface area contributed by atoms with Crippen LogP contribution in [0.15, 0.2) is 192 Å². The number of carbonyl (C=O) groups is 2. The number of aliphatic hydroxyl groups is 1. The molecule has 1 radical (unpaired) electrons. The van der Waals surface area contributed by atoms with Gasteiger partial charge in [-0.05, 0) is 168 Å². The van der Waals surface area contributed by atoms with Gasteiger partial charge in [-0.25, -0.2) is 40.3 Å². The van der Waals surface area contributed by atoms with Crippen molar-refractivity contribution in [2.75, 3.05) is 33.3 Å². The van der Waals surface area contributed by atoms with Gasteiger partial charge in [-0.3, -0.25) is 14.9 Å². The Morgan fingerprint density at radius 1 is 0.596 bits per heavy atom. The van der Waals surface area contributed by atoms with Crippen LogP contribution in [0.5, 0.6) is 5.75 Å². The number of ether oxygens (including phenoxy) is 4. The Labute approximate surface area is 692 Å². The van der Waals surface area contributed by atoms with Crippen molar-refractivity contribution >= 4 is 110 Å². The number of halogens is 4. The number of amidine groups is 3. The van der Waals surface area contributed by atoms with Crippen molar-refractivity contribution < 1.29 is 108 Å². The fourth-order valence-electron chi connectivity index (χ4n) is 13.1. The predicted molar refractivity (Wildman–Crippen MR) is 412 cm³/mol. The number of rotatable bonds is 6. The second kappa shape index (κ2) is 38.5. The molecule has 22 nitrogen and oxygen atoms in total. The standard InChI is InChI=1S/C19H17BrN2O2.C16H16N4O.C12H13BrN2O.C12H14BrNO2.C11H14BrNO.C4H4BN2O2.BH4.Li.Na.H2O/c20-16-8-4-7-13-9-10-19(11-15(13)16)12-24-18(22-19)21-17(23)14-5-2-1-3-6-14;17-15-20-16(9-21-15)5-4-11-2-1-3-13(14(11)6-16)12-7-18-10-19-8-12;13-10-3-1-2-8-4-5-12(6-9(8)10)7-16-11(14)15-12;1-16-11(15)12(14)6-5-9-8(7-12)3-2-4-10(9)13;12-10-3-1-2-8-6-11(13,7-14)5-4-9(8)10;8-5-9-4-1-6-3-7-2-4;;;;/h1-8H,9-12H2,(H,21,22,23);1-3,7-8,10H,4-6,9H2,(H2,17,20);1-3H,4-7H2,(H2,14,15);2-4H,5-7,14H2,1H3;1-3,14H,4-7,13H2;1-3,8H;1H4;;;1H2/q;;;;;;-1;2*+1;/p-1/t19-;16-;12-;;;;;;;/m000......./s1/i12D2;9D2;7D2;;7D2;;1D4;;;. The minimum Gasteiger partial charge on any atom is -0.870 e. The number of nitrogens with zero attached hydrogens (tertiary/aromatic N) is 7. The summed E-state index contributed by atoms with van der Waals surface area (Å²) in [6.45, 7) is -8.05. The van der Waals surface area contributed by atoms with E-state index in [1.54, 1.807) is 36.7 Å². The quantitative estimate of drug-likeness (QED) is 0.0928. The molecule has 5 aliphatic carbocycles. The number of benzene rings is 6. The normalized spacial score (nSPS) is 25.2. The number of aromatic nitrogens is 4. The number of nitrogens with two attached hydrogens (primary N) is 4. The fraction of sp³-hybridized carbons (Fsp3) is 0.338. The maximum Gasteiger partial charge on any atom is 1.00 e. The van der Waals surface area contributed by atoms with Crippen molar-refractivity contribution in [1.29, 1.82) is 5.34 Å². The summed E-state index contributed by atoms with van der Waals surface area (Å²) in [6, 6.07) is 38.5. The third kappa shape index (κ3) is 21.1. The van der Waals surface area contributed by atoms with E-state index in [2.05, 4.69) is 127 Å². The Kier molecular flexibility index (Phi) is 25.2. The van der Waals surface area contributed by atoms with Crippen LogP contribution in [0.2, 0.25) is 0 Å². The van der Waals surface area contributed by atoms with E-state index in [1.807, 2.05) is 78.9 Å². The summed E-state index contributed by atoms with van der Waals surface area (Å²) in [5.41, 5.74) is 32.2. The van der Waals surface area contributed by atoms with E-state index in [0.717, 1.165) is 76.1 Å². The second-order valence-electron chi connectivity index (χ2n) is 25.0. The van der Waals surface area contributed by atoms with Crippen LogP contribution in [0.3, 0.4) is 0 Å². The fourth-order valence-corrected chi connectivity index (χ4v) is 15.4. The van der Waals surface area contributed by atoms with Gasteiger partial charge < -0.3 is 62.1 Å². The molecule has 0 bridgehead atoms. The van der Waals surface area contributed by atoms with E-state index in [1.165, 1.54) is 60.0 Å². The average molecular weight is 1680 g/mol. The zero-order chi connectivity index (χ0) is 82.2. The third-order valence-corrected chi connectivity index (χ3v) is 21.3. The molecule has 104 heavy (non-hydrogen) atoms. The zero-order valence-electron chi connectivity index (χ0n) is 69.4. The van der Waals surface area contributed by atoms with E-state index in [4.69, 9.17) is 63.2 Å². The summed E-state index contributed by atoms with van der Waals surface area (Å²) < 4.78 is 117. The number of aryl methyl sites for hydroxylation is 3. The number of hydrogen-bond acceptors (Lipinski definition) is 21. The van der Waals surface area contributed by atoms with Crippen LogP contribution in [-0.4, -0.2) is 148 Å². The number of methoxy groups -OCH3 is 1. The van der Waals surface area contributed by atoms with Gasteiger partial charge in [-0.15, -0.1) is 0 Å². The average Bonchev–Trinajstić information content (AvgIpc) is 1.57. The smallest absolute Gasteiger partial charge is 0.870 e. The molecule has 2 unspecified atom stereocenters. The molecule has 3 spiro atoms. The van der Waals surface area contributed by atoms with E-state index in [9.17, 15) is 14.7 Å². The summed E-state index contributed by atoms with van der Waals surface area (Å²) in [5.74, 6) is -0.271. The van der Waals surface area contributed by atoms with E-state index < -0.39 is 62.2 Å². The first-order valence-electron chi connectivity index (χ1n) is 38.4. The van der Waals surface area contributed by atoms with E-state index in [0.29, 0.717) is 96.0 Å². The van der Waals surface area contributed by atoms with Gasteiger partial charge in [0.05, 0.1) is 37.0 Å². The molecule has 6 aromatic carbocycles. The molecule has 1 amide bonds. The van der Waals surface area contributed by atoms with Gasteiger partial charge in [0.1, 0.15) is 60.2 Å². The Morgan fingerprint density at radius 3 is 1.53 bits per heavy atom. The Morgan fingerprint density at radius 2 is 1.04 bits per heavy atom. The summed E-state index contributed by atoms with van der Waals surface area (Å²) in [7, 11) is -1.04. The van der Waals surface area contributed by atoms with Gasteiger partial charge in [0.25, 0.3) is 24.0 Å². The predicted octanol–water partition coefficient (Wildman–Crippen LogP) is 2.43. The molecule has 0 fully saturated rings. The second-order valence-corrected chi connectivity index (χ2v) is 28.4. The molecule has 3 aliphatic heterocycles. The molecule has 5 atom stereocenters. The number of aliphatic imine (C=N–C) groups is 3. The molecule has 8 aliphatic rings. The summed E-state index contributed by atoms with van der Waals surface area (Å²) >= 11 is 14.1. The molecule has 5 heterocycles. The largest absolute Gasteiger partial charge is 1.00 e. The van der Waals surface area contributed by atoms with Crippen molar-refractivity contribution in [1.82, 2.24) is 25.3 Å². The van der Waals surface area contributed by atoms with Gasteiger partial charge in [-0.2, -0.15) is 0 Å². The first-order chi connectivity index (χ1) is 53.2. The number of amides is 1. The first-order valence-corrected chi connectivity index (χ1v) is 35.3. The molecule has 2 aromatic heterocycles. The van der Waals surface area contributed by atoms with Crippen molar-refractivity contribution in [3.63, 3.8) is 0 Å². The molecule has 535 valence electrons. The van der Waals surface area contributed by atoms with Crippen LogP contribution in [-0.2, 0) is 88.0 Å². The van der Waals surface area contributed by atoms with Crippen molar-refractivity contribution in [2.45, 2.75) is 124 Å². The van der Waals surface area contributed by atoms with Crippen LogP contribution < -0.4 is 81.3 Å². The number of esters is 1. The van der Waals surface area contributed by atoms with Crippen molar-refractivity contribution in [3.05, 3.63) is 238 Å². The van der Waals surface area contributed by atoms with E-state index in [-0.39, 0.29) is 83.8 Å². The molecular formula is C74H83B2Br4LiN12NaO10. The molecule has 0 saturated carbocycles. The number of nitrogens with one attached hydrogen (secondary N) is 1. The zero-order valence-corrected chi connectivity index (χ0v) is 65.8. The Hall–Kier alpha value is -6.32. The first kappa shape index (κ1) is 68.2. The minimum atomic E-state index is -3.00. The Balaban J connectivity index is 0.000000193. The van der Waals surface area contributed by atoms with Crippen LogP contribution in [0.4, 0.5) is 0 Å². The number of carbonyl (C=O) groups excluding carboxylic acids is 2. The molecule has 0 saturated heterocycles. The third-order valence-electron chi connectivity index (χ3n) is 18.3. The summed E-state index contributed by atoms with van der Waals surface area (Å²) in [4.78, 5) is 52.5. The maximum absolute atomic E-state index is 12.3. The number of fused-ring (bicyclic) bond motifs is 5. The van der Waals surface area contributed by atoms with Gasteiger partial charge >= 0.3 is 62.1 Å². The SMILES string of the molecule is COC(=O)C1(N)CCc2c(Br)cccc2C1.O[B]Oc1cncnc1.[2H]C([2H])(O)C1(N)CCc2c(Br)cccc2C1.[2H]C1([2H])OC(N)=N[C@]12CCc1cccc(-c3cncnc3)c1C2.[2H]C1([2H])OC(N)=N[C@]12CCc1cccc(Br)c1C2.[2H]C1([2H])OC(NC(=O)c2ccccc2)=N[C@]12CCc1cccc(Br)c1C2.[2H][B-]([2H])([2H])[2H].[Li+].[Na+].[OH-]. The summed E-state index contributed by atoms with van der Waals surface area (Å²) in [6.07, 6.45) is 18.1. The van der Waals surface area contributed by atoms with Gasteiger partial charge in [0.15, 0.2) is 0 Å². The van der Waals surface area contributed by atoms with Crippen LogP contribution >= 0.6 is 63.7 Å².